The van der Waals surface area contributed by atoms with E-state index in [0.29, 0.717) is 38.9 Å². The lowest BCUT2D eigenvalue weighted by atomic mass is 10.1. The first-order valence-corrected chi connectivity index (χ1v) is 30.0. The molecule has 2 aliphatic heterocycles. The predicted molar refractivity (Wildman–Crippen MR) is 292 cm³/mol. The van der Waals surface area contributed by atoms with Gasteiger partial charge in [0.05, 0.1) is 6.42 Å². The fourth-order valence-corrected chi connectivity index (χ4v) is 9.33. The molecule has 0 amide bonds. The normalized spacial score (nSPS) is 15.3. The summed E-state index contributed by atoms with van der Waals surface area (Å²) in [6.45, 7) is 13.4. The van der Waals surface area contributed by atoms with Crippen LogP contribution in [0.15, 0.2) is 24.3 Å². The number of hydrogen-bond acceptors (Lipinski definition) is 12. The van der Waals surface area contributed by atoms with E-state index in [2.05, 4.69) is 54.9 Å². The SMILES string of the molecule is CCCCC/C=C\C/C=C\CCCCCCCC(=O)OCC(OC(=O)CCCCN1CCCC1)C(COC(=O)CCC(OCCCCCCCC)OCCCCCCCC)OC(=O)CCCCN1CCCC1. The first kappa shape index (κ1) is 65.3. The lowest BCUT2D eigenvalue weighted by molar-refractivity contribution is -0.183. The highest BCUT2D eigenvalue weighted by Gasteiger charge is 2.32. The molecule has 0 aromatic heterocycles. The van der Waals surface area contributed by atoms with E-state index in [0.717, 1.165) is 116 Å². The lowest BCUT2D eigenvalue weighted by Crippen LogP contribution is -2.42. The number of rotatable bonds is 50. The van der Waals surface area contributed by atoms with Gasteiger partial charge in [0, 0.05) is 38.9 Å². The summed E-state index contributed by atoms with van der Waals surface area (Å²) in [5.74, 6) is -1.82. The van der Waals surface area contributed by atoms with E-state index in [9.17, 15) is 19.2 Å². The van der Waals surface area contributed by atoms with Crippen LogP contribution in [-0.2, 0) is 47.6 Å². The minimum Gasteiger partial charge on any atom is -0.462 e. The highest BCUT2D eigenvalue weighted by Crippen LogP contribution is 2.18. The topological polar surface area (TPSA) is 130 Å². The summed E-state index contributed by atoms with van der Waals surface area (Å²) >= 11 is 0. The molecule has 12 heteroatoms. The number of esters is 4. The van der Waals surface area contributed by atoms with Crippen molar-refractivity contribution >= 4 is 23.9 Å². The van der Waals surface area contributed by atoms with Gasteiger partial charge >= 0.3 is 23.9 Å². The maximum absolute atomic E-state index is 13.5. The van der Waals surface area contributed by atoms with Crippen molar-refractivity contribution in [3.8, 4) is 0 Å². The summed E-state index contributed by atoms with van der Waals surface area (Å²) < 4.78 is 36.0. The minimum absolute atomic E-state index is 0.0405. The number of unbranched alkanes of at least 4 members (excludes halogenated alkanes) is 20. The van der Waals surface area contributed by atoms with Crippen LogP contribution in [0.4, 0.5) is 0 Å². The van der Waals surface area contributed by atoms with Crippen LogP contribution in [0, 0.1) is 0 Å². The molecule has 0 radical (unpaired) electrons. The molecule has 2 aliphatic rings. The van der Waals surface area contributed by atoms with Crippen LogP contribution in [0.25, 0.3) is 0 Å². The maximum atomic E-state index is 13.5. The molecule has 418 valence electrons. The molecule has 72 heavy (non-hydrogen) atoms. The molecule has 2 rings (SSSR count). The highest BCUT2D eigenvalue weighted by atomic mass is 16.7. The molecule has 2 heterocycles. The second-order valence-electron chi connectivity index (χ2n) is 20.7. The number of carbonyl (C=O) groups excluding carboxylic acids is 4. The Kier molecular flexibility index (Phi) is 43.4. The zero-order chi connectivity index (χ0) is 51.8. The Morgan fingerprint density at radius 3 is 1.28 bits per heavy atom. The van der Waals surface area contributed by atoms with Gasteiger partial charge in [-0.2, -0.15) is 0 Å². The average molecular weight is 1020 g/mol. The number of likely N-dealkylation sites (tertiary alicyclic amines) is 2. The fraction of sp³-hybridized carbons (Fsp3) is 0.867. The molecule has 0 aromatic carbocycles. The van der Waals surface area contributed by atoms with Crippen molar-refractivity contribution in [3.63, 3.8) is 0 Å². The van der Waals surface area contributed by atoms with Gasteiger partial charge in [-0.1, -0.05) is 141 Å². The van der Waals surface area contributed by atoms with E-state index in [1.54, 1.807) is 0 Å². The third-order valence-corrected chi connectivity index (χ3v) is 13.9. The van der Waals surface area contributed by atoms with Crippen molar-refractivity contribution in [2.75, 3.05) is 65.7 Å². The second-order valence-corrected chi connectivity index (χ2v) is 20.7. The van der Waals surface area contributed by atoms with Crippen LogP contribution in [0.1, 0.15) is 252 Å². The summed E-state index contributed by atoms with van der Waals surface area (Å²) in [4.78, 5) is 58.4. The highest BCUT2D eigenvalue weighted by molar-refractivity contribution is 5.72. The molecule has 2 unspecified atom stereocenters. The molecule has 2 saturated heterocycles. The Morgan fingerprint density at radius 2 is 0.792 bits per heavy atom. The van der Waals surface area contributed by atoms with Crippen LogP contribution in [-0.4, -0.2) is 118 Å². The van der Waals surface area contributed by atoms with Crippen molar-refractivity contribution in [1.82, 2.24) is 9.80 Å². The standard InChI is InChI=1S/C60H108N2O10/c1-4-7-10-13-16-17-18-19-20-21-22-23-24-25-28-39-56(63)69-52-54(71-58(65)40-29-31-44-61-46-33-34-47-61)55(72-59(66)41-30-32-45-62-48-35-36-49-62)53-70-57(64)42-43-60(67-50-37-26-14-11-8-5-2)68-51-38-27-15-12-9-6-3/h16-17,19-20,54-55,60H,4-15,18,21-53H2,1-3H3/b17-16-,20-19-. The Hall–Kier alpha value is -2.80. The van der Waals surface area contributed by atoms with E-state index >= 15 is 0 Å². The minimum atomic E-state index is -1.15. The smallest absolute Gasteiger partial charge is 0.306 e. The number of carbonyl (C=O) groups is 4. The zero-order valence-corrected chi connectivity index (χ0v) is 46.5. The maximum Gasteiger partial charge on any atom is 0.306 e. The fourth-order valence-electron chi connectivity index (χ4n) is 9.33. The van der Waals surface area contributed by atoms with Crippen LogP contribution in [0.2, 0.25) is 0 Å². The third-order valence-electron chi connectivity index (χ3n) is 13.9. The largest absolute Gasteiger partial charge is 0.462 e. The summed E-state index contributed by atoms with van der Waals surface area (Å²) in [5, 5.41) is 0. The Balaban J connectivity index is 2.03. The van der Waals surface area contributed by atoms with Crippen molar-refractivity contribution in [3.05, 3.63) is 24.3 Å². The van der Waals surface area contributed by atoms with E-state index in [-0.39, 0.29) is 38.9 Å². The van der Waals surface area contributed by atoms with Crippen LogP contribution < -0.4 is 0 Å². The molecule has 0 bridgehead atoms. The Morgan fingerprint density at radius 1 is 0.417 bits per heavy atom. The van der Waals surface area contributed by atoms with E-state index in [4.69, 9.17) is 28.4 Å². The van der Waals surface area contributed by atoms with E-state index < -0.39 is 42.4 Å². The van der Waals surface area contributed by atoms with E-state index in [1.165, 1.54) is 103 Å². The first-order chi connectivity index (χ1) is 35.3. The second kappa shape index (κ2) is 47.9. The number of hydrogen-bond donors (Lipinski definition) is 0. The average Bonchev–Trinajstić information content (AvgIpc) is 4.12. The Labute approximate surface area is 440 Å². The van der Waals surface area contributed by atoms with Gasteiger partial charge in [0.1, 0.15) is 13.2 Å². The zero-order valence-electron chi connectivity index (χ0n) is 46.5. The summed E-state index contributed by atoms with van der Waals surface area (Å²) in [7, 11) is 0. The van der Waals surface area contributed by atoms with Gasteiger partial charge in [-0.25, -0.2) is 0 Å². The van der Waals surface area contributed by atoms with Crippen LogP contribution >= 0.6 is 0 Å². The summed E-state index contributed by atoms with van der Waals surface area (Å²) in [5.41, 5.74) is 0. The van der Waals surface area contributed by atoms with Gasteiger partial charge in [-0.05, 0) is 142 Å². The molecular weight excluding hydrogens is 909 g/mol. The molecule has 2 fully saturated rings. The van der Waals surface area contributed by atoms with Crippen molar-refractivity contribution in [1.29, 1.82) is 0 Å². The van der Waals surface area contributed by atoms with Crippen LogP contribution in [0.5, 0.6) is 0 Å². The van der Waals surface area contributed by atoms with Gasteiger partial charge in [-0.15, -0.1) is 0 Å². The van der Waals surface area contributed by atoms with E-state index in [1.807, 2.05) is 0 Å². The summed E-state index contributed by atoms with van der Waals surface area (Å²) in [6, 6.07) is 0. The first-order valence-electron chi connectivity index (χ1n) is 30.0. The van der Waals surface area contributed by atoms with Crippen molar-refractivity contribution in [2.24, 2.45) is 0 Å². The van der Waals surface area contributed by atoms with Gasteiger partial charge < -0.3 is 38.2 Å². The number of nitrogens with zero attached hydrogens (tertiary/aromatic N) is 2. The lowest BCUT2D eigenvalue weighted by Gasteiger charge is -2.27. The molecule has 0 spiro atoms. The van der Waals surface area contributed by atoms with Gasteiger partial charge in [-0.3, -0.25) is 19.2 Å². The predicted octanol–water partition coefficient (Wildman–Crippen LogP) is 14.1. The third kappa shape index (κ3) is 38.7. The van der Waals surface area contributed by atoms with Gasteiger partial charge in [0.2, 0.25) is 0 Å². The molecule has 0 aliphatic carbocycles. The molecule has 2 atom stereocenters. The quantitative estimate of drug-likeness (QED) is 0.0189. The van der Waals surface area contributed by atoms with Gasteiger partial charge in [0.15, 0.2) is 18.5 Å². The van der Waals surface area contributed by atoms with Gasteiger partial charge in [0.25, 0.3) is 0 Å². The molecule has 0 N–H and O–H groups in total. The summed E-state index contributed by atoms with van der Waals surface area (Å²) in [6.07, 6.45) is 40.8. The molecular formula is C60H108N2O10. The monoisotopic (exact) mass is 1020 g/mol. The van der Waals surface area contributed by atoms with Crippen molar-refractivity contribution in [2.45, 2.75) is 270 Å². The van der Waals surface area contributed by atoms with Crippen molar-refractivity contribution < 1.29 is 47.6 Å². The number of allylic oxidation sites excluding steroid dienone is 4. The Bertz CT molecular complexity index is 1350. The molecule has 0 aromatic rings. The number of ether oxygens (including phenoxy) is 6. The van der Waals surface area contributed by atoms with Crippen LogP contribution in [0.3, 0.4) is 0 Å². The molecule has 0 saturated carbocycles. The molecule has 12 nitrogen and oxygen atoms in total.